The van der Waals surface area contributed by atoms with Crippen LogP contribution in [0.5, 0.6) is 0 Å². The number of aryl methyl sites for hydroxylation is 1. The second-order valence-corrected chi connectivity index (χ2v) is 6.13. The number of pyridine rings is 1. The van der Waals surface area contributed by atoms with Gasteiger partial charge in [0.15, 0.2) is 0 Å². The standard InChI is InChI=1S/C23H23NO2/c1-3-8-17-11-13-18(14-12-17)20-15-16-21(23(25)26-4-2)24-22(20)19-9-6-5-7-10-19/h5-7,9-16H,3-4,8H2,1-2H3. The Balaban J connectivity index is 2.07. The molecule has 3 nitrogen and oxygen atoms in total. The van der Waals surface area contributed by atoms with Gasteiger partial charge >= 0.3 is 5.97 Å². The first-order valence-electron chi connectivity index (χ1n) is 9.05. The van der Waals surface area contributed by atoms with Crippen LogP contribution in [0.25, 0.3) is 22.4 Å². The number of rotatable bonds is 6. The van der Waals surface area contributed by atoms with Gasteiger partial charge in [0.05, 0.1) is 12.3 Å². The van der Waals surface area contributed by atoms with Crippen molar-refractivity contribution in [3.8, 4) is 22.4 Å². The van der Waals surface area contributed by atoms with Crippen molar-refractivity contribution in [2.24, 2.45) is 0 Å². The third-order valence-corrected chi connectivity index (χ3v) is 4.23. The summed E-state index contributed by atoms with van der Waals surface area (Å²) in [6, 6.07) is 22.2. The molecule has 3 aromatic rings. The lowest BCUT2D eigenvalue weighted by Crippen LogP contribution is -2.08. The molecule has 0 N–H and O–H groups in total. The quantitative estimate of drug-likeness (QED) is 0.550. The lowest BCUT2D eigenvalue weighted by Gasteiger charge is -2.12. The van der Waals surface area contributed by atoms with Gasteiger partial charge in [0.2, 0.25) is 0 Å². The summed E-state index contributed by atoms with van der Waals surface area (Å²) in [5.41, 5.74) is 5.52. The van der Waals surface area contributed by atoms with Gasteiger partial charge in [-0.1, -0.05) is 67.9 Å². The number of nitrogens with zero attached hydrogens (tertiary/aromatic N) is 1. The second kappa shape index (κ2) is 8.43. The number of carbonyl (C=O) groups is 1. The van der Waals surface area contributed by atoms with Crippen molar-refractivity contribution in [1.82, 2.24) is 4.98 Å². The summed E-state index contributed by atoms with van der Waals surface area (Å²) >= 11 is 0. The van der Waals surface area contributed by atoms with Crippen LogP contribution >= 0.6 is 0 Å². The van der Waals surface area contributed by atoms with Gasteiger partial charge in [-0.25, -0.2) is 9.78 Å². The van der Waals surface area contributed by atoms with Gasteiger partial charge in [0, 0.05) is 11.1 Å². The zero-order valence-corrected chi connectivity index (χ0v) is 15.2. The van der Waals surface area contributed by atoms with Gasteiger partial charge in [0.1, 0.15) is 5.69 Å². The summed E-state index contributed by atoms with van der Waals surface area (Å²) in [6.07, 6.45) is 2.20. The van der Waals surface area contributed by atoms with Crippen LogP contribution in [0.15, 0.2) is 66.7 Å². The molecule has 0 saturated carbocycles. The minimum atomic E-state index is -0.394. The Morgan fingerprint density at radius 1 is 0.885 bits per heavy atom. The monoisotopic (exact) mass is 345 g/mol. The number of hydrogen-bond acceptors (Lipinski definition) is 3. The molecule has 0 spiro atoms. The van der Waals surface area contributed by atoms with Gasteiger partial charge in [0.25, 0.3) is 0 Å². The Labute approximate surface area is 154 Å². The molecule has 26 heavy (non-hydrogen) atoms. The molecule has 0 bridgehead atoms. The van der Waals surface area contributed by atoms with E-state index in [4.69, 9.17) is 4.74 Å². The number of hydrogen-bond donors (Lipinski definition) is 0. The Bertz CT molecular complexity index is 870. The van der Waals surface area contributed by atoms with E-state index in [1.807, 2.05) is 36.4 Å². The molecular weight excluding hydrogens is 322 g/mol. The van der Waals surface area contributed by atoms with Gasteiger partial charge in [-0.2, -0.15) is 0 Å². The summed E-state index contributed by atoms with van der Waals surface area (Å²) in [6.45, 7) is 4.31. The minimum Gasteiger partial charge on any atom is -0.461 e. The lowest BCUT2D eigenvalue weighted by atomic mass is 9.97. The Morgan fingerprint density at radius 2 is 1.62 bits per heavy atom. The molecule has 0 amide bonds. The number of benzene rings is 2. The first-order chi connectivity index (χ1) is 12.7. The second-order valence-electron chi connectivity index (χ2n) is 6.13. The Kier molecular flexibility index (Phi) is 5.80. The van der Waals surface area contributed by atoms with Gasteiger partial charge in [-0.15, -0.1) is 0 Å². The molecule has 0 fully saturated rings. The largest absolute Gasteiger partial charge is 0.461 e. The lowest BCUT2D eigenvalue weighted by molar-refractivity contribution is 0.0519. The average Bonchev–Trinajstić information content (AvgIpc) is 2.69. The van der Waals surface area contributed by atoms with Crippen LogP contribution < -0.4 is 0 Å². The number of aromatic nitrogens is 1. The maximum absolute atomic E-state index is 12.1. The van der Waals surface area contributed by atoms with E-state index in [2.05, 4.69) is 36.2 Å². The Hall–Kier alpha value is -2.94. The van der Waals surface area contributed by atoms with E-state index in [0.29, 0.717) is 12.3 Å². The summed E-state index contributed by atoms with van der Waals surface area (Å²) in [5.74, 6) is -0.394. The van der Waals surface area contributed by atoms with E-state index in [-0.39, 0.29) is 0 Å². The molecule has 0 unspecified atom stereocenters. The van der Waals surface area contributed by atoms with E-state index in [1.54, 1.807) is 13.0 Å². The van der Waals surface area contributed by atoms with Crippen molar-refractivity contribution in [2.75, 3.05) is 6.61 Å². The summed E-state index contributed by atoms with van der Waals surface area (Å²) in [5, 5.41) is 0. The molecule has 0 aliphatic heterocycles. The molecule has 0 radical (unpaired) electrons. The number of ether oxygens (including phenoxy) is 1. The number of carbonyl (C=O) groups excluding carboxylic acids is 1. The van der Waals surface area contributed by atoms with Gasteiger partial charge in [-0.05, 0) is 36.6 Å². The van der Waals surface area contributed by atoms with Crippen LogP contribution in [0.3, 0.4) is 0 Å². The van der Waals surface area contributed by atoms with Crippen molar-refractivity contribution in [1.29, 1.82) is 0 Å². The molecule has 2 aromatic carbocycles. The molecule has 3 heteroatoms. The van der Waals surface area contributed by atoms with E-state index in [9.17, 15) is 4.79 Å². The average molecular weight is 345 g/mol. The fraction of sp³-hybridized carbons (Fsp3) is 0.217. The fourth-order valence-corrected chi connectivity index (χ4v) is 2.97. The van der Waals surface area contributed by atoms with Crippen LogP contribution in [0.2, 0.25) is 0 Å². The summed E-state index contributed by atoms with van der Waals surface area (Å²) in [7, 11) is 0. The highest BCUT2D eigenvalue weighted by atomic mass is 16.5. The van der Waals surface area contributed by atoms with Crippen molar-refractivity contribution < 1.29 is 9.53 Å². The maximum atomic E-state index is 12.1. The van der Waals surface area contributed by atoms with E-state index in [1.165, 1.54) is 5.56 Å². The predicted molar refractivity (Wildman–Crippen MR) is 105 cm³/mol. The molecule has 3 rings (SSSR count). The summed E-state index contributed by atoms with van der Waals surface area (Å²) < 4.78 is 5.11. The topological polar surface area (TPSA) is 39.2 Å². The SMILES string of the molecule is CCCc1ccc(-c2ccc(C(=O)OCC)nc2-c2ccccc2)cc1. The van der Waals surface area contributed by atoms with Crippen LogP contribution in [0.1, 0.15) is 36.3 Å². The third kappa shape index (κ3) is 3.99. The zero-order valence-electron chi connectivity index (χ0n) is 15.2. The third-order valence-electron chi connectivity index (χ3n) is 4.23. The zero-order chi connectivity index (χ0) is 18.4. The maximum Gasteiger partial charge on any atom is 0.356 e. The Morgan fingerprint density at radius 3 is 2.27 bits per heavy atom. The molecule has 1 heterocycles. The molecule has 132 valence electrons. The van der Waals surface area contributed by atoms with Crippen LogP contribution in [0.4, 0.5) is 0 Å². The highest BCUT2D eigenvalue weighted by Crippen LogP contribution is 2.31. The smallest absolute Gasteiger partial charge is 0.356 e. The van der Waals surface area contributed by atoms with Gasteiger partial charge < -0.3 is 4.74 Å². The minimum absolute atomic E-state index is 0.331. The highest BCUT2D eigenvalue weighted by molar-refractivity contribution is 5.90. The van der Waals surface area contributed by atoms with E-state index < -0.39 is 5.97 Å². The summed E-state index contributed by atoms with van der Waals surface area (Å²) in [4.78, 5) is 16.7. The molecular formula is C23H23NO2. The fourth-order valence-electron chi connectivity index (χ4n) is 2.97. The highest BCUT2D eigenvalue weighted by Gasteiger charge is 2.15. The predicted octanol–water partition coefficient (Wildman–Crippen LogP) is 5.54. The van der Waals surface area contributed by atoms with Crippen molar-refractivity contribution in [3.05, 3.63) is 78.0 Å². The normalized spacial score (nSPS) is 10.5. The van der Waals surface area contributed by atoms with Crippen LogP contribution in [-0.2, 0) is 11.2 Å². The van der Waals surface area contributed by atoms with E-state index >= 15 is 0 Å². The molecule has 0 atom stereocenters. The van der Waals surface area contributed by atoms with Crippen LogP contribution in [-0.4, -0.2) is 17.6 Å². The first-order valence-corrected chi connectivity index (χ1v) is 9.05. The molecule has 0 aliphatic rings. The van der Waals surface area contributed by atoms with E-state index in [0.717, 1.165) is 35.2 Å². The van der Waals surface area contributed by atoms with Crippen molar-refractivity contribution in [2.45, 2.75) is 26.7 Å². The van der Waals surface area contributed by atoms with Gasteiger partial charge in [-0.3, -0.25) is 0 Å². The van der Waals surface area contributed by atoms with Crippen molar-refractivity contribution >= 4 is 5.97 Å². The molecule has 0 saturated heterocycles. The first kappa shape index (κ1) is 17.9. The van der Waals surface area contributed by atoms with Crippen molar-refractivity contribution in [3.63, 3.8) is 0 Å². The number of esters is 1. The molecule has 0 aliphatic carbocycles. The van der Waals surface area contributed by atoms with Crippen LogP contribution in [0, 0.1) is 0 Å². The molecule has 1 aromatic heterocycles.